The van der Waals surface area contributed by atoms with E-state index in [4.69, 9.17) is 9.47 Å². The van der Waals surface area contributed by atoms with E-state index in [0.29, 0.717) is 12.2 Å². The molecule has 0 fully saturated rings. The van der Waals surface area contributed by atoms with Gasteiger partial charge in [-0.05, 0) is 59.2 Å². The zero-order chi connectivity index (χ0) is 18.5. The van der Waals surface area contributed by atoms with Crippen molar-refractivity contribution in [1.82, 2.24) is 4.90 Å². The van der Waals surface area contributed by atoms with Crippen LogP contribution < -0.4 is 5.32 Å². The predicted octanol–water partition coefficient (Wildman–Crippen LogP) is 4.40. The second-order valence-electron chi connectivity index (χ2n) is 7.66. The molecule has 6 nitrogen and oxygen atoms in total. The first kappa shape index (κ1) is 19.8. The maximum Gasteiger partial charge on any atom is 0.412 e. The average Bonchev–Trinajstić information content (AvgIpc) is 2.36. The summed E-state index contributed by atoms with van der Waals surface area (Å²) >= 11 is 0. The first-order chi connectivity index (χ1) is 10.9. The largest absolute Gasteiger partial charge is 0.444 e. The fraction of sp³-hybridized carbons (Fsp3) is 0.556. The number of nitrogens with one attached hydrogen (secondary N) is 1. The van der Waals surface area contributed by atoms with Crippen LogP contribution >= 0.6 is 0 Å². The van der Waals surface area contributed by atoms with Crippen LogP contribution in [0.2, 0.25) is 0 Å². The molecule has 0 aliphatic carbocycles. The van der Waals surface area contributed by atoms with Crippen LogP contribution in [0.15, 0.2) is 24.3 Å². The Morgan fingerprint density at radius 3 is 1.92 bits per heavy atom. The average molecular weight is 336 g/mol. The van der Waals surface area contributed by atoms with Gasteiger partial charge in [0.2, 0.25) is 0 Å². The summed E-state index contributed by atoms with van der Waals surface area (Å²) in [7, 11) is 1.68. The van der Waals surface area contributed by atoms with E-state index in [9.17, 15) is 9.59 Å². The minimum Gasteiger partial charge on any atom is -0.444 e. The fourth-order valence-electron chi connectivity index (χ4n) is 1.79. The number of amides is 2. The molecule has 0 unspecified atom stereocenters. The van der Waals surface area contributed by atoms with E-state index in [0.717, 1.165) is 5.56 Å². The van der Waals surface area contributed by atoms with Gasteiger partial charge < -0.3 is 14.4 Å². The quantitative estimate of drug-likeness (QED) is 0.888. The van der Waals surface area contributed by atoms with Gasteiger partial charge in [0.25, 0.3) is 0 Å². The van der Waals surface area contributed by atoms with Gasteiger partial charge in [0.1, 0.15) is 11.2 Å². The van der Waals surface area contributed by atoms with Gasteiger partial charge in [-0.25, -0.2) is 9.59 Å². The van der Waals surface area contributed by atoms with Gasteiger partial charge in [0.15, 0.2) is 0 Å². The van der Waals surface area contributed by atoms with Gasteiger partial charge in [-0.15, -0.1) is 0 Å². The van der Waals surface area contributed by atoms with Gasteiger partial charge in [0.05, 0.1) is 0 Å². The number of hydrogen-bond donors (Lipinski definition) is 1. The molecule has 0 saturated heterocycles. The van der Waals surface area contributed by atoms with Crippen LogP contribution in [0.25, 0.3) is 0 Å². The number of benzene rings is 1. The van der Waals surface area contributed by atoms with E-state index < -0.39 is 17.3 Å². The Balaban J connectivity index is 2.58. The number of carbonyl (C=O) groups is 2. The van der Waals surface area contributed by atoms with Gasteiger partial charge in [-0.2, -0.15) is 0 Å². The maximum atomic E-state index is 11.9. The third kappa shape index (κ3) is 7.85. The number of anilines is 1. The van der Waals surface area contributed by atoms with Crippen molar-refractivity contribution in [2.75, 3.05) is 12.4 Å². The van der Waals surface area contributed by atoms with Gasteiger partial charge >= 0.3 is 12.2 Å². The van der Waals surface area contributed by atoms with Crippen LogP contribution in [-0.4, -0.2) is 35.3 Å². The molecule has 1 rings (SSSR count). The van der Waals surface area contributed by atoms with Crippen LogP contribution in [0.4, 0.5) is 15.3 Å². The summed E-state index contributed by atoms with van der Waals surface area (Å²) in [6, 6.07) is 7.21. The Bertz CT molecular complexity index is 568. The van der Waals surface area contributed by atoms with Crippen molar-refractivity contribution in [3.05, 3.63) is 29.8 Å². The highest BCUT2D eigenvalue weighted by molar-refractivity contribution is 5.84. The molecule has 134 valence electrons. The predicted molar refractivity (Wildman–Crippen MR) is 94.0 cm³/mol. The zero-order valence-electron chi connectivity index (χ0n) is 15.6. The number of nitrogens with zero attached hydrogens (tertiary/aromatic N) is 1. The standard InChI is InChI=1S/C18H28N2O4/c1-17(2,3)23-15(21)19-14-10-8-13(9-11-14)12-20(7)16(22)24-18(4,5)6/h8-11H,12H2,1-7H3,(H,19,21). The first-order valence-electron chi connectivity index (χ1n) is 7.89. The van der Waals surface area contributed by atoms with Gasteiger partial charge in [-0.3, -0.25) is 5.32 Å². The van der Waals surface area contributed by atoms with E-state index in [2.05, 4.69) is 5.32 Å². The molecule has 0 saturated carbocycles. The van der Waals surface area contributed by atoms with Crippen LogP contribution in [0, 0.1) is 0 Å². The number of carbonyl (C=O) groups excluding carboxylic acids is 2. The minimum atomic E-state index is -0.542. The Morgan fingerprint density at radius 2 is 1.46 bits per heavy atom. The van der Waals surface area contributed by atoms with Crippen LogP contribution in [0.1, 0.15) is 47.1 Å². The molecule has 1 aromatic rings. The van der Waals surface area contributed by atoms with Crippen molar-refractivity contribution < 1.29 is 19.1 Å². The lowest BCUT2D eigenvalue weighted by Crippen LogP contribution is -2.33. The Hall–Kier alpha value is -2.24. The van der Waals surface area contributed by atoms with Crippen LogP contribution in [0.3, 0.4) is 0 Å². The topological polar surface area (TPSA) is 67.9 Å². The second-order valence-corrected chi connectivity index (χ2v) is 7.66. The summed E-state index contributed by atoms with van der Waals surface area (Å²) in [6.45, 7) is 11.3. The van der Waals surface area contributed by atoms with E-state index in [-0.39, 0.29) is 6.09 Å². The van der Waals surface area contributed by atoms with E-state index >= 15 is 0 Å². The minimum absolute atomic E-state index is 0.376. The normalized spacial score (nSPS) is 11.6. The molecule has 0 aliphatic rings. The molecule has 1 aromatic carbocycles. The van der Waals surface area contributed by atoms with Crippen molar-refractivity contribution in [3.63, 3.8) is 0 Å². The maximum absolute atomic E-state index is 11.9. The number of rotatable bonds is 3. The molecule has 0 bridgehead atoms. The molecule has 0 heterocycles. The van der Waals surface area contributed by atoms with Crippen LogP contribution in [-0.2, 0) is 16.0 Å². The molecular formula is C18H28N2O4. The lowest BCUT2D eigenvalue weighted by molar-refractivity contribution is 0.0285. The summed E-state index contributed by atoms with van der Waals surface area (Å²) in [5, 5.41) is 2.67. The summed E-state index contributed by atoms with van der Waals surface area (Å²) < 4.78 is 10.5. The first-order valence-corrected chi connectivity index (χ1v) is 7.89. The third-order valence-corrected chi connectivity index (χ3v) is 2.72. The third-order valence-electron chi connectivity index (χ3n) is 2.72. The molecule has 2 amide bonds. The lowest BCUT2D eigenvalue weighted by atomic mass is 10.2. The van der Waals surface area contributed by atoms with Crippen molar-refractivity contribution in [2.24, 2.45) is 0 Å². The molecular weight excluding hydrogens is 308 g/mol. The Morgan fingerprint density at radius 1 is 0.958 bits per heavy atom. The van der Waals surface area contributed by atoms with E-state index in [1.165, 1.54) is 4.90 Å². The molecule has 24 heavy (non-hydrogen) atoms. The van der Waals surface area contributed by atoms with Crippen molar-refractivity contribution in [1.29, 1.82) is 0 Å². The lowest BCUT2D eigenvalue weighted by Gasteiger charge is -2.24. The number of ether oxygens (including phenoxy) is 2. The Labute approximate surface area is 144 Å². The van der Waals surface area contributed by atoms with Crippen molar-refractivity contribution >= 4 is 17.9 Å². The highest BCUT2D eigenvalue weighted by Gasteiger charge is 2.20. The number of hydrogen-bond acceptors (Lipinski definition) is 4. The molecule has 0 spiro atoms. The SMILES string of the molecule is CN(Cc1ccc(NC(=O)OC(C)(C)C)cc1)C(=O)OC(C)(C)C. The summed E-state index contributed by atoms with van der Waals surface area (Å²) in [5.41, 5.74) is 0.498. The smallest absolute Gasteiger partial charge is 0.412 e. The van der Waals surface area contributed by atoms with E-state index in [1.807, 2.05) is 53.7 Å². The van der Waals surface area contributed by atoms with Gasteiger partial charge in [-0.1, -0.05) is 12.1 Å². The Kier molecular flexibility index (Phi) is 6.23. The second kappa shape index (κ2) is 7.55. The summed E-state index contributed by atoms with van der Waals surface area (Å²) in [6.07, 6.45) is -0.875. The summed E-state index contributed by atoms with van der Waals surface area (Å²) in [5.74, 6) is 0. The molecule has 0 radical (unpaired) electrons. The highest BCUT2D eigenvalue weighted by atomic mass is 16.6. The summed E-state index contributed by atoms with van der Waals surface area (Å²) in [4.78, 5) is 25.2. The highest BCUT2D eigenvalue weighted by Crippen LogP contribution is 2.15. The fourth-order valence-corrected chi connectivity index (χ4v) is 1.79. The zero-order valence-corrected chi connectivity index (χ0v) is 15.6. The van der Waals surface area contributed by atoms with Gasteiger partial charge in [0, 0.05) is 19.3 Å². The molecule has 1 N–H and O–H groups in total. The molecule has 0 aromatic heterocycles. The van der Waals surface area contributed by atoms with Crippen molar-refractivity contribution in [2.45, 2.75) is 59.3 Å². The molecule has 6 heteroatoms. The van der Waals surface area contributed by atoms with Crippen LogP contribution in [0.5, 0.6) is 0 Å². The monoisotopic (exact) mass is 336 g/mol. The van der Waals surface area contributed by atoms with E-state index in [1.54, 1.807) is 19.2 Å². The van der Waals surface area contributed by atoms with Crippen molar-refractivity contribution in [3.8, 4) is 0 Å². The molecule has 0 atom stereocenters. The molecule has 0 aliphatic heterocycles.